The maximum Gasteiger partial charge on any atom is 0.120 e. The van der Waals surface area contributed by atoms with Gasteiger partial charge in [-0.3, -0.25) is 0 Å². The predicted octanol–water partition coefficient (Wildman–Crippen LogP) is 5.51. The molecule has 188 valence electrons. The van der Waals surface area contributed by atoms with E-state index in [1.165, 1.54) is 0 Å². The van der Waals surface area contributed by atoms with Crippen LogP contribution in [0.3, 0.4) is 0 Å². The summed E-state index contributed by atoms with van der Waals surface area (Å²) in [5, 5.41) is 19.1. The van der Waals surface area contributed by atoms with Crippen molar-refractivity contribution in [3.63, 3.8) is 0 Å². The van der Waals surface area contributed by atoms with E-state index in [-0.39, 0.29) is 0 Å². The van der Waals surface area contributed by atoms with Crippen molar-refractivity contribution in [3.05, 3.63) is 109 Å². The molecular weight excluding hydrogens is 476 g/mol. The molecule has 0 spiro atoms. The topological polar surface area (TPSA) is 79.9 Å². The highest BCUT2D eigenvalue weighted by Gasteiger charge is 2.06. The standard InChI is InChI=1S/C30H26N6O2/c1-3-7-24(8-4-1)29-21-35(33-31-29)15-17-37-27-13-11-23-12-14-28(20-26(23)19-27)38-18-16-36-22-30(32-34-36)25-9-5-2-6-10-25/h1-14,19-22H,15-18H2. The Hall–Kier alpha value is -4.98. The lowest BCUT2D eigenvalue weighted by molar-refractivity contribution is 0.289. The number of aromatic nitrogens is 6. The smallest absolute Gasteiger partial charge is 0.120 e. The number of hydrogen-bond acceptors (Lipinski definition) is 6. The van der Waals surface area contributed by atoms with Gasteiger partial charge in [0.1, 0.15) is 36.1 Å². The lowest BCUT2D eigenvalue weighted by Gasteiger charge is -2.09. The number of rotatable bonds is 10. The van der Waals surface area contributed by atoms with E-state index in [1.54, 1.807) is 9.36 Å². The zero-order valence-corrected chi connectivity index (χ0v) is 20.7. The largest absolute Gasteiger partial charge is 0.492 e. The average Bonchev–Trinajstić information content (AvgIpc) is 3.64. The number of fused-ring (bicyclic) bond motifs is 1. The Morgan fingerprint density at radius 2 is 1.00 bits per heavy atom. The summed E-state index contributed by atoms with van der Waals surface area (Å²) < 4.78 is 15.6. The third-order valence-electron chi connectivity index (χ3n) is 6.18. The van der Waals surface area contributed by atoms with Crippen LogP contribution in [0.4, 0.5) is 0 Å². The highest BCUT2D eigenvalue weighted by molar-refractivity contribution is 5.85. The molecule has 4 aromatic carbocycles. The van der Waals surface area contributed by atoms with Gasteiger partial charge in [-0.05, 0) is 35.0 Å². The van der Waals surface area contributed by atoms with Crippen molar-refractivity contribution in [2.75, 3.05) is 13.2 Å². The average molecular weight is 503 g/mol. The molecule has 2 heterocycles. The second-order valence-electron chi connectivity index (χ2n) is 8.83. The van der Waals surface area contributed by atoms with E-state index < -0.39 is 0 Å². The molecule has 0 aliphatic heterocycles. The molecule has 6 aromatic rings. The molecule has 0 saturated heterocycles. The number of nitrogens with zero attached hydrogens (tertiary/aromatic N) is 6. The van der Waals surface area contributed by atoms with Gasteiger partial charge in [0.05, 0.1) is 25.5 Å². The van der Waals surface area contributed by atoms with Crippen LogP contribution in [0.25, 0.3) is 33.3 Å². The fraction of sp³-hybridized carbons (Fsp3) is 0.133. The molecule has 0 N–H and O–H groups in total. The third kappa shape index (κ3) is 5.54. The first-order valence-electron chi connectivity index (χ1n) is 12.5. The molecule has 0 aliphatic rings. The molecule has 0 saturated carbocycles. The number of hydrogen-bond donors (Lipinski definition) is 0. The van der Waals surface area contributed by atoms with Gasteiger partial charge in [-0.25, -0.2) is 9.36 Å². The summed E-state index contributed by atoms with van der Waals surface area (Å²) in [4.78, 5) is 0. The first kappa shape index (κ1) is 23.4. The second kappa shape index (κ2) is 11.0. The van der Waals surface area contributed by atoms with E-state index in [1.807, 2.05) is 97.3 Å². The van der Waals surface area contributed by atoms with E-state index in [9.17, 15) is 0 Å². The normalized spacial score (nSPS) is 11.1. The fourth-order valence-corrected chi connectivity index (χ4v) is 4.19. The number of benzene rings is 4. The highest BCUT2D eigenvalue weighted by Crippen LogP contribution is 2.25. The SMILES string of the molecule is c1ccc(-c2cn(CCOc3ccc4ccc(OCCn5cc(-c6ccccc6)nn5)cc4c3)nn2)cc1. The molecule has 0 amide bonds. The molecule has 8 nitrogen and oxygen atoms in total. The zero-order valence-electron chi connectivity index (χ0n) is 20.7. The van der Waals surface area contributed by atoms with Crippen LogP contribution in [0.15, 0.2) is 109 Å². The van der Waals surface area contributed by atoms with Crippen molar-refractivity contribution < 1.29 is 9.47 Å². The Morgan fingerprint density at radius 3 is 1.47 bits per heavy atom. The third-order valence-corrected chi connectivity index (χ3v) is 6.18. The zero-order chi connectivity index (χ0) is 25.6. The fourth-order valence-electron chi connectivity index (χ4n) is 4.19. The summed E-state index contributed by atoms with van der Waals surface area (Å²) >= 11 is 0. The van der Waals surface area contributed by atoms with E-state index >= 15 is 0 Å². The summed E-state index contributed by atoms with van der Waals surface area (Å²) in [7, 11) is 0. The van der Waals surface area contributed by atoms with Crippen LogP contribution in [0, 0.1) is 0 Å². The first-order chi connectivity index (χ1) is 18.8. The molecular formula is C30H26N6O2. The maximum atomic E-state index is 6.00. The molecule has 6 rings (SSSR count). The maximum absolute atomic E-state index is 6.00. The van der Waals surface area contributed by atoms with Crippen molar-refractivity contribution in [1.82, 2.24) is 30.0 Å². The molecule has 0 fully saturated rings. The van der Waals surface area contributed by atoms with Crippen LogP contribution < -0.4 is 9.47 Å². The van der Waals surface area contributed by atoms with Crippen LogP contribution >= 0.6 is 0 Å². The van der Waals surface area contributed by atoms with Crippen LogP contribution in [0.2, 0.25) is 0 Å². The summed E-state index contributed by atoms with van der Waals surface area (Å²) in [5.41, 5.74) is 3.80. The summed E-state index contributed by atoms with van der Waals surface area (Å²) in [6, 6.07) is 32.2. The minimum Gasteiger partial charge on any atom is -0.492 e. The molecule has 0 bridgehead atoms. The number of ether oxygens (including phenoxy) is 2. The van der Waals surface area contributed by atoms with E-state index in [0.717, 1.165) is 44.8 Å². The minimum absolute atomic E-state index is 0.488. The van der Waals surface area contributed by atoms with Gasteiger partial charge >= 0.3 is 0 Å². The summed E-state index contributed by atoms with van der Waals surface area (Å²) in [6.07, 6.45) is 3.87. The summed E-state index contributed by atoms with van der Waals surface area (Å²) in [5.74, 6) is 1.60. The van der Waals surface area contributed by atoms with Crippen LogP contribution in [-0.2, 0) is 13.1 Å². The van der Waals surface area contributed by atoms with Gasteiger partial charge < -0.3 is 9.47 Å². The Morgan fingerprint density at radius 1 is 0.526 bits per heavy atom. The minimum atomic E-state index is 0.488. The Bertz CT molecular complexity index is 1510. The summed E-state index contributed by atoms with van der Waals surface area (Å²) in [6.45, 7) is 2.19. The Balaban J connectivity index is 1.03. The van der Waals surface area contributed by atoms with E-state index in [0.29, 0.717) is 26.3 Å². The lowest BCUT2D eigenvalue weighted by atomic mass is 10.1. The highest BCUT2D eigenvalue weighted by atomic mass is 16.5. The molecule has 8 heteroatoms. The molecule has 0 aliphatic carbocycles. The molecule has 0 unspecified atom stereocenters. The Kier molecular flexibility index (Phi) is 6.76. The first-order valence-corrected chi connectivity index (χ1v) is 12.5. The van der Waals surface area contributed by atoms with Gasteiger partial charge in [0.15, 0.2) is 0 Å². The van der Waals surface area contributed by atoms with Gasteiger partial charge in [-0.2, -0.15) is 0 Å². The molecule has 2 aromatic heterocycles. The van der Waals surface area contributed by atoms with Crippen molar-refractivity contribution >= 4 is 10.8 Å². The molecule has 0 radical (unpaired) electrons. The van der Waals surface area contributed by atoms with Crippen molar-refractivity contribution in [1.29, 1.82) is 0 Å². The van der Waals surface area contributed by atoms with Crippen molar-refractivity contribution in [2.45, 2.75) is 13.1 Å². The molecule has 0 atom stereocenters. The Labute approximate surface area is 220 Å². The molecule has 38 heavy (non-hydrogen) atoms. The quantitative estimate of drug-likeness (QED) is 0.246. The monoisotopic (exact) mass is 502 g/mol. The van der Waals surface area contributed by atoms with Gasteiger partial charge in [-0.1, -0.05) is 83.2 Å². The van der Waals surface area contributed by atoms with Crippen LogP contribution in [0.5, 0.6) is 11.5 Å². The predicted molar refractivity (Wildman–Crippen MR) is 146 cm³/mol. The van der Waals surface area contributed by atoms with Crippen LogP contribution in [-0.4, -0.2) is 43.2 Å². The van der Waals surface area contributed by atoms with E-state index in [2.05, 4.69) is 32.8 Å². The van der Waals surface area contributed by atoms with Crippen LogP contribution in [0.1, 0.15) is 0 Å². The van der Waals surface area contributed by atoms with Gasteiger partial charge in [-0.15, -0.1) is 10.2 Å². The van der Waals surface area contributed by atoms with Crippen molar-refractivity contribution in [3.8, 4) is 34.0 Å². The van der Waals surface area contributed by atoms with Gasteiger partial charge in [0.2, 0.25) is 0 Å². The van der Waals surface area contributed by atoms with Gasteiger partial charge in [0, 0.05) is 11.1 Å². The second-order valence-corrected chi connectivity index (χ2v) is 8.83. The van der Waals surface area contributed by atoms with Gasteiger partial charge in [0.25, 0.3) is 0 Å². The van der Waals surface area contributed by atoms with E-state index in [4.69, 9.17) is 9.47 Å². The lowest BCUT2D eigenvalue weighted by Crippen LogP contribution is -2.09. The van der Waals surface area contributed by atoms with Crippen molar-refractivity contribution in [2.24, 2.45) is 0 Å².